The third kappa shape index (κ3) is 40.4. The second-order valence-electron chi connectivity index (χ2n) is 41.9. The Balaban J connectivity index is 0.000000316. The third-order valence-corrected chi connectivity index (χ3v) is 26.8. The van der Waals surface area contributed by atoms with Crippen LogP contribution >= 0.6 is 49.6 Å². The minimum atomic E-state index is -1.02. The topological polar surface area (TPSA) is 267 Å². The Kier molecular flexibility index (Phi) is 50.6. The van der Waals surface area contributed by atoms with Crippen LogP contribution in [0.15, 0.2) is 170 Å². The van der Waals surface area contributed by atoms with Gasteiger partial charge in [-0.15, -0.1) is 49.6 Å². The molecule has 141 heavy (non-hydrogen) atoms. The molecule has 1 unspecified atom stereocenters. The zero-order valence-electron chi connectivity index (χ0n) is 85.0. The Hall–Kier alpha value is -7.99. The third-order valence-electron chi connectivity index (χ3n) is 26.8. The average molecular weight is 2050 g/mol. The first kappa shape index (κ1) is 123. The quantitative estimate of drug-likeness (QED) is 0.0138. The van der Waals surface area contributed by atoms with Crippen molar-refractivity contribution in [2.45, 2.75) is 364 Å². The summed E-state index contributed by atoms with van der Waals surface area (Å²) in [6, 6.07) is 45.6. The summed E-state index contributed by atoms with van der Waals surface area (Å²) in [5, 5.41) is 52.1. The number of carbonyl (C=O) groups is 3. The predicted molar refractivity (Wildman–Crippen MR) is 558 cm³/mol. The molecule has 0 aromatic heterocycles. The van der Waals surface area contributed by atoms with Crippen molar-refractivity contribution in [3.8, 4) is 0 Å². The minimum absolute atomic E-state index is 0. The van der Waals surface area contributed by atoms with E-state index in [4.69, 9.17) is 25.7 Å². The molecule has 17 nitrogen and oxygen atoms in total. The molecule has 0 spiro atoms. The number of carbonyl (C=O) groups excluding carboxylic acids is 3. The maximum atomic E-state index is 13.9. The molecule has 5 fully saturated rings. The van der Waals surface area contributed by atoms with Crippen molar-refractivity contribution in [3.05, 3.63) is 283 Å². The van der Waals surface area contributed by atoms with Crippen LogP contribution in [0.25, 0.3) is 0 Å². The van der Waals surface area contributed by atoms with E-state index in [1.165, 1.54) is 138 Å². The number of nitrogens with one attached hydrogen (secondary N) is 6. The van der Waals surface area contributed by atoms with Gasteiger partial charge >= 0.3 is 12.2 Å². The molecule has 29 heteroatoms. The lowest BCUT2D eigenvalue weighted by Gasteiger charge is -2.40. The molecule has 1 heterocycles. The molecule has 5 aliphatic rings. The highest BCUT2D eigenvalue weighted by atomic mass is 35.5. The minimum Gasteiger partial charge on any atom is -0.444 e. The van der Waals surface area contributed by atoms with E-state index in [1.54, 1.807) is 41.5 Å². The van der Waals surface area contributed by atoms with Gasteiger partial charge in [-0.3, -0.25) is 4.79 Å². The van der Waals surface area contributed by atoms with E-state index >= 15 is 0 Å². The fourth-order valence-electron chi connectivity index (χ4n) is 19.2. The Morgan fingerprint density at radius 2 is 0.638 bits per heavy atom. The average Bonchev–Trinajstić information content (AvgIpc) is 1.26. The molecule has 13 N–H and O–H groups in total. The van der Waals surface area contributed by atoms with Gasteiger partial charge in [0, 0.05) is 79.0 Å². The number of benzene rings is 8. The van der Waals surface area contributed by atoms with Crippen LogP contribution in [0.5, 0.6) is 0 Å². The van der Waals surface area contributed by atoms with Crippen molar-refractivity contribution < 1.29 is 79.0 Å². The lowest BCUT2D eigenvalue weighted by molar-refractivity contribution is -0.120. The summed E-state index contributed by atoms with van der Waals surface area (Å²) < 4.78 is 124. The summed E-state index contributed by atoms with van der Waals surface area (Å²) in [5.74, 6) is -3.73. The van der Waals surface area contributed by atoms with E-state index in [-0.39, 0.29) is 129 Å². The van der Waals surface area contributed by atoms with Gasteiger partial charge in [-0.2, -0.15) is 0 Å². The first-order valence-corrected chi connectivity index (χ1v) is 49.6. The van der Waals surface area contributed by atoms with Crippen molar-refractivity contribution in [1.82, 2.24) is 31.9 Å². The summed E-state index contributed by atoms with van der Waals surface area (Å²) in [6.45, 7) is 30.8. The lowest BCUT2D eigenvalue weighted by atomic mass is 9.75. The number of hydrogen-bond donors (Lipinski definition) is 11. The molecule has 784 valence electrons. The molecule has 1 saturated heterocycles. The summed E-state index contributed by atoms with van der Waals surface area (Å²) in [6.07, 6.45) is 18.8. The second-order valence-corrected chi connectivity index (χ2v) is 41.9. The van der Waals surface area contributed by atoms with Gasteiger partial charge in [0.15, 0.2) is 0 Å². The van der Waals surface area contributed by atoms with E-state index in [2.05, 4.69) is 184 Å². The molecular weight excluding hydrogens is 1900 g/mol. The Bertz CT molecular complexity index is 5060. The van der Waals surface area contributed by atoms with Crippen molar-refractivity contribution in [2.75, 3.05) is 26.2 Å². The van der Waals surface area contributed by atoms with E-state index in [9.17, 15) is 64.8 Å². The molecule has 3 amide bonds. The molecule has 4 aliphatic carbocycles. The molecule has 8 atom stereocenters. The number of nitrogens with two attached hydrogens (primary N) is 2. The summed E-state index contributed by atoms with van der Waals surface area (Å²) >= 11 is 0. The molecule has 0 bridgehead atoms. The number of halogens is 12. The van der Waals surface area contributed by atoms with Crippen molar-refractivity contribution in [1.29, 1.82) is 0 Å². The van der Waals surface area contributed by atoms with Crippen LogP contribution < -0.4 is 43.4 Å². The highest BCUT2D eigenvalue weighted by Gasteiger charge is 2.41. The van der Waals surface area contributed by atoms with Gasteiger partial charge in [-0.05, 0) is 258 Å². The fraction of sp³-hybridized carbons (Fsp3) is 0.545. The first-order chi connectivity index (χ1) is 64.7. The number of aliphatic hydroxyl groups is 3. The van der Waals surface area contributed by atoms with Crippen LogP contribution in [0.4, 0.5) is 44.7 Å². The van der Waals surface area contributed by atoms with Gasteiger partial charge in [0.05, 0.1) is 43.0 Å². The summed E-state index contributed by atoms with van der Waals surface area (Å²) in [7, 11) is 0. The highest BCUT2D eigenvalue weighted by molar-refractivity contribution is 5.86. The first-order valence-electron chi connectivity index (χ1n) is 49.6. The van der Waals surface area contributed by atoms with Crippen LogP contribution in [0.2, 0.25) is 0 Å². The number of epoxide rings is 1. The Labute approximate surface area is 857 Å². The molecule has 8 aromatic rings. The van der Waals surface area contributed by atoms with Crippen LogP contribution in [0, 0.1) is 46.5 Å². The van der Waals surface area contributed by atoms with E-state index in [0.717, 1.165) is 114 Å². The number of aliphatic hydroxyl groups excluding tert-OH is 3. The molecule has 8 aromatic carbocycles. The lowest BCUT2D eigenvalue weighted by Crippen LogP contribution is -2.53. The van der Waals surface area contributed by atoms with Gasteiger partial charge < -0.3 is 72.9 Å². The fourth-order valence-corrected chi connectivity index (χ4v) is 19.2. The largest absolute Gasteiger partial charge is 0.444 e. The molecule has 0 radical (unpaired) electrons. The van der Waals surface area contributed by atoms with Gasteiger partial charge in [0.25, 0.3) is 0 Å². The van der Waals surface area contributed by atoms with Crippen molar-refractivity contribution in [2.24, 2.45) is 11.5 Å². The van der Waals surface area contributed by atoms with Crippen LogP contribution in [0.3, 0.4) is 0 Å². The molecule has 4 saturated carbocycles. The van der Waals surface area contributed by atoms with Gasteiger partial charge in [0.1, 0.15) is 63.8 Å². The smallest absolute Gasteiger partial charge is 0.407 e. The van der Waals surface area contributed by atoms with Crippen LogP contribution in [-0.4, -0.2) is 119 Å². The summed E-state index contributed by atoms with van der Waals surface area (Å²) in [5.41, 5.74) is 22.6. The van der Waals surface area contributed by atoms with Gasteiger partial charge in [-0.1, -0.05) is 230 Å². The Morgan fingerprint density at radius 3 is 0.929 bits per heavy atom. The van der Waals surface area contributed by atoms with E-state index < -0.39 is 106 Å². The standard InChI is InChI=1S/C30H42F2N2O3.C27H36F2N2O2.C25H34F2N2O.C15H19F2NO3.C15H23N.4ClH/c1-20(2)22-10-9-11-23(17-22)30(12-7-6-8-13-30)33-19-27(35)26(34-28(36)37-29(3,4)5)16-21-14-24(31)18-25(32)15-21;1-18(2)21-8-7-9-22(15-21)27(10-5-4-6-11-27)30-17-26(33)25(31-19(3)32)14-20-12-23(28)16-24(29)13-20;1-17(2)19-7-6-8-20(14-19)25(9-4-3-5-10-25)29-16-24(30)23(28)13-18-11-21(26)15-22(27)12-18;1-15(2,3)21-14(19)18-12(13-8-20-13)6-9-4-10(16)7-11(17)5-9;1-12(2)13-7-6-8-14(11-13)15(16)9-4-3-5-10-15;;;;/h9-11,14-15,17-18,20,26-27,33,35H,6-8,12-13,16,19H2,1-5H3,(H,34,36);7-9,12-13,15-16,18,25-26,30,33H,4-6,10-11,14,17H2,1-3H3,(H,31,32);6-8,11-12,14-15,17,23-24,29-30H,3-5,9-10,13,16,28H2,1-2H3;4-5,7,12-13H,6,8H2,1-3H3,(H,18,19);6-8,11-12H,3-5,9-10,16H2,1-2H3;4*1H/t26-,27+;25-,26+;23-,24+;12?,13-;;;;;/m0001...../s1. The second kappa shape index (κ2) is 57.8. The monoisotopic (exact) mass is 2050 g/mol. The Morgan fingerprint density at radius 1 is 0.376 bits per heavy atom. The maximum Gasteiger partial charge on any atom is 0.407 e. The normalized spacial score (nSPS) is 17.7. The number of ether oxygens (including phenoxy) is 3. The zero-order valence-corrected chi connectivity index (χ0v) is 88.3. The molecular formula is C112H158Cl4F8N8O9. The van der Waals surface area contributed by atoms with Gasteiger partial charge in [-0.25, -0.2) is 44.7 Å². The van der Waals surface area contributed by atoms with Crippen LogP contribution in [-0.2, 0) is 66.8 Å². The van der Waals surface area contributed by atoms with Gasteiger partial charge in [0.2, 0.25) is 5.91 Å². The molecule has 1 aliphatic heterocycles. The highest BCUT2D eigenvalue weighted by Crippen LogP contribution is 2.43. The predicted octanol–water partition coefficient (Wildman–Crippen LogP) is 24.5. The number of amides is 3. The summed E-state index contributed by atoms with van der Waals surface area (Å²) in [4.78, 5) is 36.1. The number of hydrogen-bond acceptors (Lipinski definition) is 14. The van der Waals surface area contributed by atoms with Crippen molar-refractivity contribution >= 4 is 67.7 Å². The molecule has 13 rings (SSSR count). The maximum absolute atomic E-state index is 13.9. The number of rotatable bonds is 32. The van der Waals surface area contributed by atoms with E-state index in [1.807, 2.05) is 0 Å². The van der Waals surface area contributed by atoms with E-state index in [0.29, 0.717) is 59.1 Å². The number of alkyl carbamates (subject to hydrolysis) is 2. The van der Waals surface area contributed by atoms with Crippen molar-refractivity contribution in [3.63, 3.8) is 0 Å². The zero-order chi connectivity index (χ0) is 100. The SMILES string of the molecule is CC(=O)N[C@@H](Cc1cc(F)cc(F)c1)[C@H](O)CNC1(c2cccc(C(C)C)c2)CCCCC1.CC(C)(C)OC(=O)NC(Cc1cc(F)cc(F)c1)[C@H]1CO1.CC(C)c1cccc(C2(N)CCCCC2)c1.CC(C)c1cccc(C2(NC[C@@H](O)[C@@H](N)Cc3cc(F)cc(F)c3)CCCCC2)c1.CC(C)c1cccc(C2(NC[C@@H](O)[C@H](Cc3cc(F)cc(F)c3)NC(=O)OC(C)(C)C)CCCCC2)c1.Cl.Cl.Cl.Cl. The van der Waals surface area contributed by atoms with Crippen LogP contribution in [0.1, 0.15) is 323 Å².